The molecular weight excluding hydrogens is 409 g/mol. The van der Waals surface area contributed by atoms with Crippen LogP contribution in [0.4, 0.5) is 9.52 Å². The molecule has 4 rings (SSSR count). The summed E-state index contributed by atoms with van der Waals surface area (Å²) in [4.78, 5) is 21.6. The molecule has 7 heteroatoms. The smallest absolute Gasteiger partial charge is 0.260 e. The van der Waals surface area contributed by atoms with Crippen molar-refractivity contribution in [3.05, 3.63) is 58.9 Å². The van der Waals surface area contributed by atoms with Gasteiger partial charge in [0.2, 0.25) is 0 Å². The Labute approximate surface area is 180 Å². The Hall–Kier alpha value is -2.02. The third-order valence-corrected chi connectivity index (χ3v) is 6.24. The van der Waals surface area contributed by atoms with E-state index in [0.29, 0.717) is 29.3 Å². The fourth-order valence-corrected chi connectivity index (χ4v) is 4.63. The van der Waals surface area contributed by atoms with Gasteiger partial charge in [0, 0.05) is 18.7 Å². The maximum Gasteiger partial charge on any atom is 0.260 e. The number of benzene rings is 2. The van der Waals surface area contributed by atoms with Crippen LogP contribution >= 0.6 is 23.7 Å². The van der Waals surface area contributed by atoms with Crippen molar-refractivity contribution >= 4 is 45.0 Å². The minimum absolute atomic E-state index is 0. The number of fused-ring (bicyclic) bond motifs is 2. The van der Waals surface area contributed by atoms with Crippen molar-refractivity contribution in [3.8, 4) is 0 Å². The van der Waals surface area contributed by atoms with E-state index >= 15 is 0 Å². The predicted molar refractivity (Wildman–Crippen MR) is 120 cm³/mol. The first-order valence-corrected chi connectivity index (χ1v) is 10.5. The number of aryl methyl sites for hydroxylation is 2. The highest BCUT2D eigenvalue weighted by atomic mass is 35.5. The Morgan fingerprint density at radius 1 is 1.10 bits per heavy atom. The zero-order chi connectivity index (χ0) is 19.7. The Kier molecular flexibility index (Phi) is 6.88. The van der Waals surface area contributed by atoms with Crippen LogP contribution in [0.1, 0.15) is 34.3 Å². The summed E-state index contributed by atoms with van der Waals surface area (Å²) in [7, 11) is 3.94. The van der Waals surface area contributed by atoms with Crippen LogP contribution in [0.5, 0.6) is 0 Å². The first-order valence-electron chi connectivity index (χ1n) is 9.66. The molecule has 0 unspecified atom stereocenters. The minimum Gasteiger partial charge on any atom is -0.308 e. The fraction of sp³-hybridized carbons (Fsp3) is 0.364. The van der Waals surface area contributed by atoms with E-state index in [1.807, 2.05) is 37.2 Å². The van der Waals surface area contributed by atoms with Crippen molar-refractivity contribution in [1.29, 1.82) is 0 Å². The summed E-state index contributed by atoms with van der Waals surface area (Å²) in [6, 6.07) is 11.0. The number of para-hydroxylation sites is 1. The second-order valence-electron chi connectivity index (χ2n) is 7.53. The molecule has 4 nitrogen and oxygen atoms in total. The molecule has 0 saturated heterocycles. The van der Waals surface area contributed by atoms with Crippen LogP contribution in [0.15, 0.2) is 36.4 Å². The number of hydrogen-bond donors (Lipinski definition) is 0. The average Bonchev–Trinajstić information content (AvgIpc) is 3.12. The van der Waals surface area contributed by atoms with E-state index in [1.165, 1.54) is 41.4 Å². The number of likely N-dealkylation sites (N-methyl/N-ethyl adjacent to an activating group) is 1. The van der Waals surface area contributed by atoms with Crippen LogP contribution in [0.25, 0.3) is 10.2 Å². The molecule has 1 aliphatic carbocycles. The van der Waals surface area contributed by atoms with Gasteiger partial charge >= 0.3 is 0 Å². The lowest BCUT2D eigenvalue weighted by molar-refractivity contribution is 0.0985. The number of amides is 1. The number of halogens is 2. The molecule has 3 aromatic rings. The highest BCUT2D eigenvalue weighted by Crippen LogP contribution is 2.31. The third-order valence-electron chi connectivity index (χ3n) is 5.20. The van der Waals surface area contributed by atoms with Gasteiger partial charge in [-0.15, -0.1) is 12.4 Å². The number of aromatic nitrogens is 1. The second-order valence-corrected chi connectivity index (χ2v) is 8.54. The van der Waals surface area contributed by atoms with E-state index in [2.05, 4.69) is 11.1 Å². The summed E-state index contributed by atoms with van der Waals surface area (Å²) in [5, 5.41) is 0.546. The number of anilines is 1. The molecule has 0 aliphatic heterocycles. The molecule has 1 amide bonds. The number of carbonyl (C=O) groups excluding carboxylic acids is 1. The molecule has 154 valence electrons. The fourth-order valence-electron chi connectivity index (χ4n) is 3.63. The summed E-state index contributed by atoms with van der Waals surface area (Å²) in [6.07, 6.45) is 4.50. The topological polar surface area (TPSA) is 36.4 Å². The maximum absolute atomic E-state index is 14.1. The molecule has 0 atom stereocenters. The van der Waals surface area contributed by atoms with E-state index in [-0.39, 0.29) is 24.1 Å². The highest BCUT2D eigenvalue weighted by molar-refractivity contribution is 7.22. The monoisotopic (exact) mass is 433 g/mol. The Morgan fingerprint density at radius 2 is 1.86 bits per heavy atom. The van der Waals surface area contributed by atoms with Gasteiger partial charge < -0.3 is 4.90 Å². The lowest BCUT2D eigenvalue weighted by Crippen LogP contribution is -2.36. The molecule has 0 spiro atoms. The lowest BCUT2D eigenvalue weighted by atomic mass is 9.90. The van der Waals surface area contributed by atoms with Crippen molar-refractivity contribution in [2.45, 2.75) is 25.7 Å². The summed E-state index contributed by atoms with van der Waals surface area (Å²) in [5.74, 6) is -0.427. The molecule has 0 bridgehead atoms. The van der Waals surface area contributed by atoms with Gasteiger partial charge in [0.05, 0.1) is 4.70 Å². The summed E-state index contributed by atoms with van der Waals surface area (Å²) < 4.78 is 14.9. The van der Waals surface area contributed by atoms with Crippen LogP contribution < -0.4 is 4.90 Å². The number of hydrogen-bond acceptors (Lipinski definition) is 4. The van der Waals surface area contributed by atoms with Crippen LogP contribution in [0.2, 0.25) is 0 Å². The number of carbonyl (C=O) groups is 1. The summed E-state index contributed by atoms with van der Waals surface area (Å²) >= 11 is 1.36. The molecule has 1 heterocycles. The molecular formula is C22H25ClFN3OS. The largest absolute Gasteiger partial charge is 0.308 e. The summed E-state index contributed by atoms with van der Waals surface area (Å²) in [6.45, 7) is 1.21. The van der Waals surface area contributed by atoms with Crippen LogP contribution in [0.3, 0.4) is 0 Å². The van der Waals surface area contributed by atoms with E-state index < -0.39 is 0 Å². The van der Waals surface area contributed by atoms with E-state index in [1.54, 1.807) is 11.0 Å². The van der Waals surface area contributed by atoms with Crippen molar-refractivity contribution < 1.29 is 9.18 Å². The predicted octanol–water partition coefficient (Wildman–Crippen LogP) is 4.94. The van der Waals surface area contributed by atoms with Gasteiger partial charge in [-0.05, 0) is 75.2 Å². The molecule has 0 saturated carbocycles. The second kappa shape index (κ2) is 9.20. The molecule has 2 aromatic carbocycles. The van der Waals surface area contributed by atoms with Gasteiger partial charge in [0.1, 0.15) is 11.3 Å². The standard InChI is InChI=1S/C22H24FN3OS.ClH/c1-25(2)12-13-26(22-24-20-18(23)8-5-9-19(20)28-22)21(27)17-11-10-15-6-3-4-7-16(15)14-17;/h5,8-11,14H,3-4,6-7,12-13H2,1-2H3;1H. The summed E-state index contributed by atoms with van der Waals surface area (Å²) in [5.41, 5.74) is 3.64. The molecule has 0 radical (unpaired) electrons. The molecule has 1 aromatic heterocycles. The quantitative estimate of drug-likeness (QED) is 0.571. The molecule has 0 N–H and O–H groups in total. The van der Waals surface area contributed by atoms with E-state index in [9.17, 15) is 9.18 Å². The van der Waals surface area contributed by atoms with Gasteiger partial charge in [0.25, 0.3) is 5.91 Å². The Bertz CT molecular complexity index is 1020. The van der Waals surface area contributed by atoms with Crippen molar-refractivity contribution in [2.75, 3.05) is 32.1 Å². The van der Waals surface area contributed by atoms with Gasteiger partial charge in [-0.1, -0.05) is 23.5 Å². The third kappa shape index (κ3) is 4.60. The van der Waals surface area contributed by atoms with Crippen LogP contribution in [-0.2, 0) is 12.8 Å². The number of thiazole rings is 1. The molecule has 0 fully saturated rings. The first kappa shape index (κ1) is 21.7. The number of rotatable bonds is 5. The zero-order valence-electron chi connectivity index (χ0n) is 16.7. The van der Waals surface area contributed by atoms with Gasteiger partial charge in [-0.2, -0.15) is 0 Å². The van der Waals surface area contributed by atoms with Crippen LogP contribution in [0, 0.1) is 5.82 Å². The average molecular weight is 434 g/mol. The van der Waals surface area contributed by atoms with Crippen molar-refractivity contribution in [3.63, 3.8) is 0 Å². The van der Waals surface area contributed by atoms with Gasteiger partial charge in [-0.25, -0.2) is 9.37 Å². The Balaban J connectivity index is 0.00000240. The van der Waals surface area contributed by atoms with Crippen LogP contribution in [-0.4, -0.2) is 43.0 Å². The van der Waals surface area contributed by atoms with Crippen molar-refractivity contribution in [1.82, 2.24) is 9.88 Å². The Morgan fingerprint density at radius 3 is 2.59 bits per heavy atom. The van der Waals surface area contributed by atoms with E-state index in [4.69, 9.17) is 0 Å². The molecule has 1 aliphatic rings. The normalized spacial score (nSPS) is 13.2. The van der Waals surface area contributed by atoms with E-state index in [0.717, 1.165) is 17.5 Å². The van der Waals surface area contributed by atoms with Gasteiger partial charge in [0.15, 0.2) is 5.13 Å². The maximum atomic E-state index is 14.1. The SMILES string of the molecule is CN(C)CCN(C(=O)c1ccc2c(c1)CCCC2)c1nc2c(F)cccc2s1.Cl. The first-order chi connectivity index (χ1) is 13.5. The lowest BCUT2D eigenvalue weighted by Gasteiger charge is -2.23. The highest BCUT2D eigenvalue weighted by Gasteiger charge is 2.23. The molecule has 29 heavy (non-hydrogen) atoms. The van der Waals surface area contributed by atoms with Gasteiger partial charge in [-0.3, -0.25) is 9.69 Å². The zero-order valence-corrected chi connectivity index (χ0v) is 18.3. The van der Waals surface area contributed by atoms with Crippen molar-refractivity contribution in [2.24, 2.45) is 0 Å². The number of nitrogens with zero attached hydrogens (tertiary/aromatic N) is 3. The minimum atomic E-state index is -0.353.